The maximum absolute atomic E-state index is 11.8. The molecule has 1 aliphatic rings. The molecule has 3 unspecified atom stereocenters. The quantitative estimate of drug-likeness (QED) is 0.610. The Hall–Kier alpha value is -1.36. The number of nitrogens with two attached hydrogens (primary N) is 1. The van der Waals surface area contributed by atoms with E-state index in [1.807, 2.05) is 13.8 Å². The molecule has 1 rings (SSSR count). The first-order valence-electron chi connectivity index (χ1n) is 5.92. The summed E-state index contributed by atoms with van der Waals surface area (Å²) in [6.07, 6.45) is 4.79. The van der Waals surface area contributed by atoms with Crippen molar-refractivity contribution in [1.82, 2.24) is 5.32 Å². The SMILES string of the molecule is CCC(C)[C@H](NC(=O)C1C=CC(N)C1)C(=O)O. The second-order valence-corrected chi connectivity index (χ2v) is 4.60. The molecular formula is C12H20N2O3. The lowest BCUT2D eigenvalue weighted by Crippen LogP contribution is -2.47. The van der Waals surface area contributed by atoms with Crippen LogP contribution >= 0.6 is 0 Å². The highest BCUT2D eigenvalue weighted by atomic mass is 16.4. The minimum Gasteiger partial charge on any atom is -0.480 e. The minimum atomic E-state index is -0.987. The topological polar surface area (TPSA) is 92.4 Å². The summed E-state index contributed by atoms with van der Waals surface area (Å²) in [7, 11) is 0. The van der Waals surface area contributed by atoms with Gasteiger partial charge in [0.1, 0.15) is 6.04 Å². The third kappa shape index (κ3) is 3.56. The van der Waals surface area contributed by atoms with Crippen LogP contribution in [0.3, 0.4) is 0 Å². The van der Waals surface area contributed by atoms with E-state index in [9.17, 15) is 9.59 Å². The molecule has 4 atom stereocenters. The Balaban J connectivity index is 2.59. The summed E-state index contributed by atoms with van der Waals surface area (Å²) >= 11 is 0. The van der Waals surface area contributed by atoms with E-state index in [0.29, 0.717) is 12.8 Å². The van der Waals surface area contributed by atoms with Gasteiger partial charge in [0.05, 0.1) is 5.92 Å². The highest BCUT2D eigenvalue weighted by Gasteiger charge is 2.29. The van der Waals surface area contributed by atoms with Gasteiger partial charge >= 0.3 is 5.97 Å². The Labute approximate surface area is 101 Å². The molecule has 1 aliphatic carbocycles. The van der Waals surface area contributed by atoms with Crippen LogP contribution in [0.25, 0.3) is 0 Å². The van der Waals surface area contributed by atoms with Crippen molar-refractivity contribution < 1.29 is 14.7 Å². The first-order valence-corrected chi connectivity index (χ1v) is 5.92. The van der Waals surface area contributed by atoms with Gasteiger partial charge in [-0.05, 0) is 12.3 Å². The maximum Gasteiger partial charge on any atom is 0.326 e. The van der Waals surface area contributed by atoms with E-state index in [1.165, 1.54) is 0 Å². The predicted molar refractivity (Wildman–Crippen MR) is 64.2 cm³/mol. The van der Waals surface area contributed by atoms with Crippen LogP contribution in [0.15, 0.2) is 12.2 Å². The fraction of sp³-hybridized carbons (Fsp3) is 0.667. The normalized spacial score (nSPS) is 26.5. The largest absolute Gasteiger partial charge is 0.480 e. The number of hydrogen-bond acceptors (Lipinski definition) is 3. The van der Waals surface area contributed by atoms with Crippen molar-refractivity contribution in [1.29, 1.82) is 0 Å². The third-order valence-corrected chi connectivity index (χ3v) is 3.23. The molecule has 0 radical (unpaired) electrons. The van der Waals surface area contributed by atoms with Gasteiger partial charge in [-0.1, -0.05) is 32.4 Å². The lowest BCUT2D eigenvalue weighted by atomic mass is 9.98. The van der Waals surface area contributed by atoms with Crippen molar-refractivity contribution >= 4 is 11.9 Å². The van der Waals surface area contributed by atoms with Crippen LogP contribution in [0.5, 0.6) is 0 Å². The van der Waals surface area contributed by atoms with E-state index < -0.39 is 12.0 Å². The summed E-state index contributed by atoms with van der Waals surface area (Å²) in [5.74, 6) is -1.62. The summed E-state index contributed by atoms with van der Waals surface area (Å²) in [4.78, 5) is 22.9. The van der Waals surface area contributed by atoms with Crippen LogP contribution in [0, 0.1) is 11.8 Å². The molecule has 96 valence electrons. The van der Waals surface area contributed by atoms with E-state index in [-0.39, 0.29) is 23.8 Å². The van der Waals surface area contributed by atoms with Crippen molar-refractivity contribution in [2.75, 3.05) is 0 Å². The lowest BCUT2D eigenvalue weighted by molar-refractivity contribution is -0.143. The summed E-state index contributed by atoms with van der Waals surface area (Å²) in [6, 6.07) is -0.921. The van der Waals surface area contributed by atoms with Gasteiger partial charge in [0.25, 0.3) is 0 Å². The summed E-state index contributed by atoms with van der Waals surface area (Å²) in [5, 5.41) is 11.6. The van der Waals surface area contributed by atoms with Crippen molar-refractivity contribution in [3.05, 3.63) is 12.2 Å². The first-order chi connectivity index (χ1) is 7.95. The molecule has 0 bridgehead atoms. The first kappa shape index (κ1) is 13.7. The molecule has 5 heteroatoms. The molecule has 0 saturated carbocycles. The Bertz CT molecular complexity index is 328. The van der Waals surface area contributed by atoms with Crippen LogP contribution in [-0.2, 0) is 9.59 Å². The summed E-state index contributed by atoms with van der Waals surface area (Å²) in [6.45, 7) is 3.72. The van der Waals surface area contributed by atoms with E-state index >= 15 is 0 Å². The number of hydrogen-bond donors (Lipinski definition) is 3. The third-order valence-electron chi connectivity index (χ3n) is 3.23. The smallest absolute Gasteiger partial charge is 0.326 e. The van der Waals surface area contributed by atoms with Crippen molar-refractivity contribution in [3.63, 3.8) is 0 Å². The Morgan fingerprint density at radius 2 is 2.18 bits per heavy atom. The number of nitrogens with one attached hydrogen (secondary N) is 1. The van der Waals surface area contributed by atoms with Gasteiger partial charge in [-0.3, -0.25) is 4.79 Å². The molecule has 1 amide bonds. The minimum absolute atomic E-state index is 0.0875. The van der Waals surface area contributed by atoms with E-state index in [1.54, 1.807) is 12.2 Å². The monoisotopic (exact) mass is 240 g/mol. The molecule has 17 heavy (non-hydrogen) atoms. The molecule has 0 aromatic heterocycles. The summed E-state index contributed by atoms with van der Waals surface area (Å²) < 4.78 is 0. The standard InChI is InChI=1S/C12H20N2O3/c1-3-7(2)10(12(16)17)14-11(15)8-4-5-9(13)6-8/h4-5,7-10H,3,6,13H2,1-2H3,(H,14,15)(H,16,17)/t7?,8?,9?,10-/m0/s1. The predicted octanol–water partition coefficient (Wildman–Crippen LogP) is 0.505. The number of carbonyl (C=O) groups is 2. The second-order valence-electron chi connectivity index (χ2n) is 4.60. The Kier molecular flexibility index (Phi) is 4.69. The Morgan fingerprint density at radius 3 is 2.59 bits per heavy atom. The molecular weight excluding hydrogens is 220 g/mol. The van der Waals surface area contributed by atoms with Gasteiger partial charge in [-0.15, -0.1) is 0 Å². The average molecular weight is 240 g/mol. The molecule has 0 spiro atoms. The molecule has 5 nitrogen and oxygen atoms in total. The molecule has 0 fully saturated rings. The van der Waals surface area contributed by atoms with Crippen molar-refractivity contribution in [2.24, 2.45) is 17.6 Å². The molecule has 0 aromatic rings. The van der Waals surface area contributed by atoms with E-state index in [4.69, 9.17) is 10.8 Å². The molecule has 0 saturated heterocycles. The summed E-state index contributed by atoms with van der Waals surface area (Å²) in [5.41, 5.74) is 5.66. The number of carboxylic acid groups (broad SMARTS) is 1. The fourth-order valence-electron chi connectivity index (χ4n) is 1.87. The van der Waals surface area contributed by atoms with Crippen LogP contribution in [0.4, 0.5) is 0 Å². The van der Waals surface area contributed by atoms with Crippen molar-refractivity contribution in [2.45, 2.75) is 38.8 Å². The number of carbonyl (C=O) groups excluding carboxylic acids is 1. The Morgan fingerprint density at radius 1 is 1.53 bits per heavy atom. The molecule has 0 aliphatic heterocycles. The fourth-order valence-corrected chi connectivity index (χ4v) is 1.87. The lowest BCUT2D eigenvalue weighted by Gasteiger charge is -2.21. The van der Waals surface area contributed by atoms with Gasteiger partial charge in [-0.2, -0.15) is 0 Å². The van der Waals surface area contributed by atoms with Gasteiger partial charge in [0.2, 0.25) is 5.91 Å². The zero-order valence-corrected chi connectivity index (χ0v) is 10.2. The molecule has 0 heterocycles. The number of rotatable bonds is 5. The number of aliphatic carboxylic acids is 1. The van der Waals surface area contributed by atoms with Crippen LogP contribution in [0.2, 0.25) is 0 Å². The number of carboxylic acids is 1. The van der Waals surface area contributed by atoms with Gasteiger partial charge in [0.15, 0.2) is 0 Å². The van der Waals surface area contributed by atoms with Gasteiger partial charge in [0, 0.05) is 6.04 Å². The highest BCUT2D eigenvalue weighted by molar-refractivity contribution is 5.86. The molecule has 0 aromatic carbocycles. The van der Waals surface area contributed by atoms with E-state index in [2.05, 4.69) is 5.32 Å². The van der Waals surface area contributed by atoms with Crippen molar-refractivity contribution in [3.8, 4) is 0 Å². The zero-order valence-electron chi connectivity index (χ0n) is 10.2. The van der Waals surface area contributed by atoms with E-state index in [0.717, 1.165) is 0 Å². The van der Waals surface area contributed by atoms with Crippen LogP contribution in [0.1, 0.15) is 26.7 Å². The highest BCUT2D eigenvalue weighted by Crippen LogP contribution is 2.17. The zero-order chi connectivity index (χ0) is 13.0. The van der Waals surface area contributed by atoms with Gasteiger partial charge < -0.3 is 16.2 Å². The van der Waals surface area contributed by atoms with Gasteiger partial charge in [-0.25, -0.2) is 4.79 Å². The average Bonchev–Trinajstić information content (AvgIpc) is 2.71. The second kappa shape index (κ2) is 5.82. The molecule has 4 N–H and O–H groups in total. The van der Waals surface area contributed by atoms with Crippen LogP contribution < -0.4 is 11.1 Å². The number of amides is 1. The van der Waals surface area contributed by atoms with Crippen LogP contribution in [-0.4, -0.2) is 29.1 Å². The maximum atomic E-state index is 11.8.